The van der Waals surface area contributed by atoms with Crippen LogP contribution in [0.4, 0.5) is 0 Å². The molecule has 0 amide bonds. The number of nitrogens with zero attached hydrogens (tertiary/aromatic N) is 1. The predicted molar refractivity (Wildman–Crippen MR) is 54.7 cm³/mol. The molecule has 0 saturated carbocycles. The van der Waals surface area contributed by atoms with Crippen molar-refractivity contribution >= 4 is 23.5 Å². The number of hydrogen-bond donors (Lipinski definition) is 1. The number of carbonyl (C=O) groups excluding carboxylic acids is 1. The minimum absolute atomic E-state index is 0.257. The summed E-state index contributed by atoms with van der Waals surface area (Å²) in [6.45, 7) is 2.89. The molecule has 0 spiro atoms. The summed E-state index contributed by atoms with van der Waals surface area (Å²) in [4.78, 5) is 12.1. The van der Waals surface area contributed by atoms with Gasteiger partial charge in [0.05, 0.1) is 19.4 Å². The lowest BCUT2D eigenvalue weighted by atomic mass is 10.1. The number of fused-ring (bicyclic) bond motifs is 1. The van der Waals surface area contributed by atoms with Gasteiger partial charge in [0, 0.05) is 5.56 Å². The van der Waals surface area contributed by atoms with Gasteiger partial charge >= 0.3 is 5.97 Å². The van der Waals surface area contributed by atoms with E-state index in [0.29, 0.717) is 18.0 Å². The molecule has 0 atom stereocenters. The Morgan fingerprint density at radius 3 is 3.43 bits per heavy atom. The van der Waals surface area contributed by atoms with Crippen molar-refractivity contribution in [1.82, 2.24) is 5.43 Å². The largest absolute Gasteiger partial charge is 0.462 e. The van der Waals surface area contributed by atoms with Crippen molar-refractivity contribution in [3.05, 3.63) is 21.4 Å². The van der Waals surface area contributed by atoms with Crippen LogP contribution in [0, 0.1) is 0 Å². The number of nitrogens with one attached hydrogen (secondary N) is 1. The van der Waals surface area contributed by atoms with Gasteiger partial charge in [-0.15, -0.1) is 11.3 Å². The molecule has 1 N–H and O–H groups in total. The maximum absolute atomic E-state index is 11.5. The summed E-state index contributed by atoms with van der Waals surface area (Å²) in [6, 6.07) is 0. The molecule has 0 fully saturated rings. The molecule has 0 bridgehead atoms. The molecule has 1 aromatic rings. The van der Waals surface area contributed by atoms with Crippen LogP contribution >= 0.6 is 11.3 Å². The summed E-state index contributed by atoms with van der Waals surface area (Å²) in [6.07, 6.45) is 1.67. The highest BCUT2D eigenvalue weighted by Crippen LogP contribution is 2.23. The second-order valence-corrected chi connectivity index (χ2v) is 3.70. The first kappa shape index (κ1) is 9.21. The molecule has 1 aromatic heterocycles. The van der Waals surface area contributed by atoms with Crippen molar-refractivity contribution in [2.75, 3.05) is 6.61 Å². The first-order valence-corrected chi connectivity index (χ1v) is 5.24. The van der Waals surface area contributed by atoms with E-state index in [1.165, 1.54) is 11.3 Å². The highest BCUT2D eigenvalue weighted by Gasteiger charge is 2.18. The van der Waals surface area contributed by atoms with Crippen LogP contribution in [0.2, 0.25) is 0 Å². The van der Waals surface area contributed by atoms with Crippen molar-refractivity contribution in [2.45, 2.75) is 13.5 Å². The molecular weight excluding hydrogens is 200 g/mol. The zero-order valence-corrected chi connectivity index (χ0v) is 8.56. The molecule has 0 aromatic carbocycles. The van der Waals surface area contributed by atoms with Crippen molar-refractivity contribution in [2.24, 2.45) is 5.10 Å². The lowest BCUT2D eigenvalue weighted by Gasteiger charge is -2.07. The smallest absolute Gasteiger partial charge is 0.348 e. The quantitative estimate of drug-likeness (QED) is 0.750. The first-order valence-electron chi connectivity index (χ1n) is 4.36. The molecular formula is C9H10N2O2S. The summed E-state index contributed by atoms with van der Waals surface area (Å²) >= 11 is 1.41. The molecule has 2 heterocycles. The average molecular weight is 210 g/mol. The van der Waals surface area contributed by atoms with E-state index in [2.05, 4.69) is 10.5 Å². The molecule has 0 radical (unpaired) electrons. The monoisotopic (exact) mass is 210 g/mol. The van der Waals surface area contributed by atoms with E-state index >= 15 is 0 Å². The second-order valence-electron chi connectivity index (χ2n) is 2.82. The number of carbonyl (C=O) groups is 1. The van der Waals surface area contributed by atoms with Crippen molar-refractivity contribution in [3.8, 4) is 0 Å². The third-order valence-corrected chi connectivity index (χ3v) is 2.95. The maximum atomic E-state index is 11.5. The SMILES string of the molecule is CCOC(=O)c1scc2c1C=NNC2. The van der Waals surface area contributed by atoms with Gasteiger partial charge in [0.1, 0.15) is 4.88 Å². The second kappa shape index (κ2) is 3.79. The Hall–Kier alpha value is -1.36. The maximum Gasteiger partial charge on any atom is 0.348 e. The van der Waals surface area contributed by atoms with Crippen LogP contribution < -0.4 is 5.43 Å². The minimum atomic E-state index is -0.257. The van der Waals surface area contributed by atoms with E-state index in [4.69, 9.17) is 4.74 Å². The molecule has 0 unspecified atom stereocenters. The van der Waals surface area contributed by atoms with E-state index in [9.17, 15) is 4.79 Å². The highest BCUT2D eigenvalue weighted by atomic mass is 32.1. The van der Waals surface area contributed by atoms with E-state index in [1.54, 1.807) is 13.1 Å². The van der Waals surface area contributed by atoms with E-state index in [-0.39, 0.29) is 5.97 Å². The Labute approximate surface area is 85.6 Å². The normalized spacial score (nSPS) is 13.2. The Morgan fingerprint density at radius 2 is 2.64 bits per heavy atom. The number of hydrazone groups is 1. The summed E-state index contributed by atoms with van der Waals surface area (Å²) in [5.74, 6) is -0.257. The van der Waals surface area contributed by atoms with Gasteiger partial charge in [0.25, 0.3) is 0 Å². The fourth-order valence-corrected chi connectivity index (χ4v) is 2.21. The standard InChI is InChI=1S/C9H10N2O2S/c1-2-13-9(12)8-7-4-11-10-3-6(7)5-14-8/h4-5,10H,2-3H2,1H3. The molecule has 2 rings (SSSR count). The first-order chi connectivity index (χ1) is 6.83. The zero-order chi connectivity index (χ0) is 9.97. The summed E-state index contributed by atoms with van der Waals surface area (Å²) < 4.78 is 4.94. The molecule has 0 aliphatic carbocycles. The van der Waals surface area contributed by atoms with Gasteiger partial charge in [0.2, 0.25) is 0 Å². The molecule has 5 heteroatoms. The lowest BCUT2D eigenvalue weighted by Crippen LogP contribution is -2.14. The molecule has 74 valence electrons. The summed E-state index contributed by atoms with van der Waals surface area (Å²) in [5, 5.41) is 5.88. The fourth-order valence-electron chi connectivity index (χ4n) is 1.28. The number of hydrogen-bond acceptors (Lipinski definition) is 5. The fraction of sp³-hybridized carbons (Fsp3) is 0.333. The number of rotatable bonds is 2. The Kier molecular flexibility index (Phi) is 2.49. The van der Waals surface area contributed by atoms with Gasteiger partial charge in [0.15, 0.2) is 0 Å². The summed E-state index contributed by atoms with van der Waals surface area (Å²) in [5.41, 5.74) is 4.85. The van der Waals surface area contributed by atoms with Gasteiger partial charge in [-0.2, -0.15) is 5.10 Å². The molecule has 1 aliphatic rings. The summed E-state index contributed by atoms with van der Waals surface area (Å²) in [7, 11) is 0. The van der Waals surface area contributed by atoms with Gasteiger partial charge in [-0.1, -0.05) is 0 Å². The number of thiophene rings is 1. The van der Waals surface area contributed by atoms with Crippen LogP contribution in [0.5, 0.6) is 0 Å². The Morgan fingerprint density at radius 1 is 1.79 bits per heavy atom. The zero-order valence-electron chi connectivity index (χ0n) is 7.74. The lowest BCUT2D eigenvalue weighted by molar-refractivity contribution is 0.0532. The van der Waals surface area contributed by atoms with Crippen molar-refractivity contribution < 1.29 is 9.53 Å². The van der Waals surface area contributed by atoms with Gasteiger partial charge in [-0.25, -0.2) is 4.79 Å². The Balaban J connectivity index is 2.32. The molecule has 4 nitrogen and oxygen atoms in total. The molecule has 0 saturated heterocycles. The van der Waals surface area contributed by atoms with Crippen LogP contribution in [0.25, 0.3) is 0 Å². The van der Waals surface area contributed by atoms with Gasteiger partial charge in [-0.3, -0.25) is 0 Å². The minimum Gasteiger partial charge on any atom is -0.462 e. The predicted octanol–water partition coefficient (Wildman–Crippen LogP) is 1.36. The third-order valence-electron chi connectivity index (χ3n) is 1.92. The average Bonchev–Trinajstić information content (AvgIpc) is 2.61. The van der Waals surface area contributed by atoms with Crippen LogP contribution in [0.3, 0.4) is 0 Å². The highest BCUT2D eigenvalue weighted by molar-refractivity contribution is 7.12. The van der Waals surface area contributed by atoms with Crippen LogP contribution in [0.1, 0.15) is 27.7 Å². The number of ether oxygens (including phenoxy) is 1. The van der Waals surface area contributed by atoms with E-state index < -0.39 is 0 Å². The van der Waals surface area contributed by atoms with Crippen LogP contribution in [-0.4, -0.2) is 18.8 Å². The van der Waals surface area contributed by atoms with Crippen LogP contribution in [0.15, 0.2) is 10.5 Å². The number of esters is 1. The third kappa shape index (κ3) is 1.50. The molecule has 1 aliphatic heterocycles. The Bertz CT molecular complexity index is 384. The molecule has 14 heavy (non-hydrogen) atoms. The van der Waals surface area contributed by atoms with Crippen molar-refractivity contribution in [1.29, 1.82) is 0 Å². The van der Waals surface area contributed by atoms with E-state index in [1.807, 2.05) is 5.38 Å². The van der Waals surface area contributed by atoms with E-state index in [0.717, 1.165) is 11.1 Å². The van der Waals surface area contributed by atoms with Gasteiger partial charge in [-0.05, 0) is 17.9 Å². The van der Waals surface area contributed by atoms with Gasteiger partial charge < -0.3 is 10.2 Å². The topological polar surface area (TPSA) is 50.7 Å². The van der Waals surface area contributed by atoms with Crippen molar-refractivity contribution in [3.63, 3.8) is 0 Å². The van der Waals surface area contributed by atoms with Crippen LogP contribution in [-0.2, 0) is 11.3 Å².